The lowest BCUT2D eigenvalue weighted by Crippen LogP contribution is -2.69. The molecule has 5 heterocycles. The van der Waals surface area contributed by atoms with Crippen molar-refractivity contribution in [3.05, 3.63) is 0 Å². The van der Waals surface area contributed by atoms with E-state index < -0.39 is 183 Å². The zero-order valence-electron chi connectivity index (χ0n) is 30.3. The van der Waals surface area contributed by atoms with Crippen molar-refractivity contribution in [2.75, 3.05) is 0 Å². The summed E-state index contributed by atoms with van der Waals surface area (Å²) in [5, 5.41) is 174. The van der Waals surface area contributed by atoms with Gasteiger partial charge in [0.15, 0.2) is 62.0 Å². The van der Waals surface area contributed by atoms with Gasteiger partial charge < -0.3 is 129 Å². The molecule has 0 radical (unpaired) electrons. The molecule has 17 N–H and O–H groups in total. The SMILES string of the molecule is O=C(O)C1OC(OC2C(C(=O)O)OC(OC3C(C(=O)O)OC(OC4C(C(=O)O)OC(OC5C(C(=O)O)OC(O)C(O)C5O)C(O)C4O)C(O)C3O)C(O)C2O)C(O)C(O)C1O. The fourth-order valence-corrected chi connectivity index (χ4v) is 6.88. The van der Waals surface area contributed by atoms with Crippen LogP contribution in [0.5, 0.6) is 0 Å². The summed E-state index contributed by atoms with van der Waals surface area (Å²) >= 11 is 0. The maximum atomic E-state index is 12.3. The van der Waals surface area contributed by atoms with E-state index in [2.05, 4.69) is 4.74 Å². The van der Waals surface area contributed by atoms with Crippen LogP contribution in [0.2, 0.25) is 0 Å². The van der Waals surface area contributed by atoms with Crippen molar-refractivity contribution in [2.45, 2.75) is 154 Å². The van der Waals surface area contributed by atoms with E-state index in [4.69, 9.17) is 37.9 Å². The van der Waals surface area contributed by atoms with E-state index in [1.807, 2.05) is 0 Å². The van der Waals surface area contributed by atoms with E-state index in [9.17, 15) is 111 Å². The van der Waals surface area contributed by atoms with E-state index in [0.29, 0.717) is 0 Å². The molecule has 5 fully saturated rings. The first-order chi connectivity index (χ1) is 28.4. The lowest BCUT2D eigenvalue weighted by Gasteiger charge is -2.48. The number of carboxylic acid groups (broad SMARTS) is 5. The molecule has 0 aromatic rings. The van der Waals surface area contributed by atoms with Gasteiger partial charge in [-0.25, -0.2) is 24.0 Å². The van der Waals surface area contributed by atoms with E-state index in [0.717, 1.165) is 0 Å². The van der Waals surface area contributed by atoms with Crippen LogP contribution in [0.3, 0.4) is 0 Å². The molecule has 0 bridgehead atoms. The lowest BCUT2D eigenvalue weighted by molar-refractivity contribution is -0.383. The number of ether oxygens (including phenoxy) is 9. The number of aliphatic hydroxyl groups is 12. The number of aliphatic carboxylic acids is 5. The zero-order chi connectivity index (χ0) is 45.7. The molecule has 0 amide bonds. The maximum absolute atomic E-state index is 12.3. The topological polar surface area (TPSA) is 512 Å². The first kappa shape index (κ1) is 48.5. The normalized spacial score (nSPS) is 49.4. The Hall–Kier alpha value is -3.49. The molecular formula is C30H42O31. The predicted octanol–water partition coefficient (Wildman–Crippen LogP) is -11.5. The highest BCUT2D eigenvalue weighted by molar-refractivity contribution is 5.75. The Balaban J connectivity index is 1.30. The van der Waals surface area contributed by atoms with E-state index >= 15 is 0 Å². The van der Waals surface area contributed by atoms with Gasteiger partial charge in [-0.15, -0.1) is 0 Å². The predicted molar refractivity (Wildman–Crippen MR) is 169 cm³/mol. The summed E-state index contributed by atoms with van der Waals surface area (Å²) in [6.45, 7) is 0. The maximum Gasteiger partial charge on any atom is 0.335 e. The molecule has 0 aliphatic carbocycles. The average Bonchev–Trinajstić information content (AvgIpc) is 3.18. The van der Waals surface area contributed by atoms with E-state index in [-0.39, 0.29) is 0 Å². The molecule has 61 heavy (non-hydrogen) atoms. The van der Waals surface area contributed by atoms with Gasteiger partial charge in [0, 0.05) is 0 Å². The van der Waals surface area contributed by atoms with Gasteiger partial charge in [-0.3, -0.25) is 0 Å². The molecule has 5 aliphatic heterocycles. The molecule has 5 aliphatic rings. The number of hydrogen-bond donors (Lipinski definition) is 17. The molecule has 0 aromatic heterocycles. The van der Waals surface area contributed by atoms with Crippen molar-refractivity contribution in [2.24, 2.45) is 0 Å². The molecular weight excluding hydrogens is 856 g/mol. The van der Waals surface area contributed by atoms with Gasteiger partial charge >= 0.3 is 29.8 Å². The summed E-state index contributed by atoms with van der Waals surface area (Å²) in [5.74, 6) is -9.88. The molecule has 0 spiro atoms. The third kappa shape index (κ3) is 9.56. The van der Waals surface area contributed by atoms with Gasteiger partial charge in [-0.1, -0.05) is 0 Å². The average molecular weight is 899 g/mol. The fraction of sp³-hybridized carbons (Fsp3) is 0.833. The molecule has 31 heteroatoms. The number of carboxylic acids is 5. The second kappa shape index (κ2) is 19.1. The second-order valence-corrected chi connectivity index (χ2v) is 14.1. The molecule has 0 saturated carbocycles. The van der Waals surface area contributed by atoms with Crippen molar-refractivity contribution >= 4 is 29.8 Å². The number of rotatable bonds is 13. The Morgan fingerprint density at radius 2 is 0.508 bits per heavy atom. The molecule has 5 rings (SSSR count). The highest BCUT2D eigenvalue weighted by Gasteiger charge is 2.59. The minimum atomic E-state index is -2.56. The van der Waals surface area contributed by atoms with Crippen LogP contribution in [0.25, 0.3) is 0 Å². The third-order valence-corrected chi connectivity index (χ3v) is 10.1. The minimum Gasteiger partial charge on any atom is -0.479 e. The first-order valence-electron chi connectivity index (χ1n) is 17.6. The summed E-state index contributed by atoms with van der Waals surface area (Å²) in [5.41, 5.74) is 0. The number of hydrogen-bond acceptors (Lipinski definition) is 26. The molecule has 25 unspecified atom stereocenters. The van der Waals surface area contributed by atoms with Gasteiger partial charge in [-0.2, -0.15) is 0 Å². The quantitative estimate of drug-likeness (QED) is 0.0816. The Kier molecular flexibility index (Phi) is 15.2. The van der Waals surface area contributed by atoms with Crippen molar-refractivity contribution in [1.29, 1.82) is 0 Å². The number of carbonyl (C=O) groups is 5. The van der Waals surface area contributed by atoms with Crippen LogP contribution in [0.4, 0.5) is 0 Å². The van der Waals surface area contributed by atoms with Gasteiger partial charge in [0.1, 0.15) is 91.6 Å². The van der Waals surface area contributed by atoms with Crippen molar-refractivity contribution in [1.82, 2.24) is 0 Å². The first-order valence-corrected chi connectivity index (χ1v) is 17.6. The number of aliphatic hydroxyl groups excluding tert-OH is 12. The molecule has 0 aromatic carbocycles. The Morgan fingerprint density at radius 3 is 0.787 bits per heavy atom. The summed E-state index contributed by atoms with van der Waals surface area (Å²) in [4.78, 5) is 59.9. The minimum absolute atomic E-state index is 1.87. The van der Waals surface area contributed by atoms with Gasteiger partial charge in [0.2, 0.25) is 0 Å². The summed E-state index contributed by atoms with van der Waals surface area (Å²) in [6, 6.07) is 0. The van der Waals surface area contributed by atoms with Crippen molar-refractivity contribution in [3.63, 3.8) is 0 Å². The van der Waals surface area contributed by atoms with Gasteiger partial charge in [-0.05, 0) is 0 Å². The second-order valence-electron chi connectivity index (χ2n) is 14.1. The monoisotopic (exact) mass is 898 g/mol. The van der Waals surface area contributed by atoms with Crippen LogP contribution in [0, 0.1) is 0 Å². The molecule has 348 valence electrons. The standard InChI is InChI=1S/C30H42O31/c31-1-2(32)16(21(42)43)58-27(8(1)38)55-13-4(34)10(40)29(60-18(13)23(46)47)57-15-6(36)11(41)30(61-20(15)25(50)51)56-14-5(35)9(39)28(59-19(14)24(48)49)54-12-3(33)7(37)26(52)53-17(12)22(44)45/h1-20,26-41,52H,(H,42,43)(H,44,45)(H,46,47)(H,48,49)(H,50,51). The van der Waals surface area contributed by atoms with Crippen LogP contribution in [-0.4, -0.2) is 270 Å². The third-order valence-electron chi connectivity index (χ3n) is 10.1. The highest BCUT2D eigenvalue weighted by atomic mass is 16.8. The largest absolute Gasteiger partial charge is 0.479 e. The molecule has 5 saturated heterocycles. The Bertz CT molecular complexity index is 1600. The Labute approximate surface area is 337 Å². The van der Waals surface area contributed by atoms with Crippen LogP contribution < -0.4 is 0 Å². The van der Waals surface area contributed by atoms with Crippen LogP contribution in [0.1, 0.15) is 0 Å². The molecule has 25 atom stereocenters. The molecule has 31 nitrogen and oxygen atoms in total. The van der Waals surface area contributed by atoms with Crippen LogP contribution in [-0.2, 0) is 66.6 Å². The van der Waals surface area contributed by atoms with Crippen molar-refractivity contribution in [3.8, 4) is 0 Å². The van der Waals surface area contributed by atoms with E-state index in [1.54, 1.807) is 0 Å². The van der Waals surface area contributed by atoms with Gasteiger partial charge in [0.25, 0.3) is 0 Å². The smallest absolute Gasteiger partial charge is 0.335 e. The van der Waals surface area contributed by atoms with Gasteiger partial charge in [0.05, 0.1) is 0 Å². The summed E-state index contributed by atoms with van der Waals surface area (Å²) < 4.78 is 45.9. The summed E-state index contributed by atoms with van der Waals surface area (Å²) in [7, 11) is 0. The zero-order valence-corrected chi connectivity index (χ0v) is 30.3. The van der Waals surface area contributed by atoms with Crippen LogP contribution >= 0.6 is 0 Å². The Morgan fingerprint density at radius 1 is 0.279 bits per heavy atom. The fourth-order valence-electron chi connectivity index (χ4n) is 6.88. The van der Waals surface area contributed by atoms with E-state index in [1.165, 1.54) is 0 Å². The van der Waals surface area contributed by atoms with Crippen molar-refractivity contribution < 1.29 is 153 Å². The summed E-state index contributed by atoms with van der Waals surface area (Å²) in [6.07, 6.45) is -59.6. The highest BCUT2D eigenvalue weighted by Crippen LogP contribution is 2.36. The van der Waals surface area contributed by atoms with Crippen LogP contribution in [0.15, 0.2) is 0 Å². The lowest BCUT2D eigenvalue weighted by atomic mass is 9.95.